The zero-order valence-electron chi connectivity index (χ0n) is 13.6. The largest absolute Gasteiger partial charge is 0.412 e. The van der Waals surface area contributed by atoms with Crippen LogP contribution in [-0.4, -0.2) is 28.2 Å². The van der Waals surface area contributed by atoms with Gasteiger partial charge in [-0.05, 0) is 55.5 Å². The summed E-state index contributed by atoms with van der Waals surface area (Å²) in [4.78, 5) is 0.968. The van der Waals surface area contributed by atoms with Crippen molar-refractivity contribution in [2.24, 2.45) is 0 Å². The van der Waals surface area contributed by atoms with Crippen molar-refractivity contribution in [3.05, 3.63) is 51.8 Å². The van der Waals surface area contributed by atoms with Gasteiger partial charge in [-0.15, -0.1) is 9.94 Å². The van der Waals surface area contributed by atoms with Crippen molar-refractivity contribution in [3.63, 3.8) is 0 Å². The van der Waals surface area contributed by atoms with E-state index in [0.29, 0.717) is 5.92 Å². The summed E-state index contributed by atoms with van der Waals surface area (Å²) in [5, 5.41) is 18.3. The lowest BCUT2D eigenvalue weighted by Crippen LogP contribution is -2.26. The number of piperidine rings is 1. The van der Waals surface area contributed by atoms with Crippen LogP contribution in [0.2, 0.25) is 5.02 Å². The van der Waals surface area contributed by atoms with E-state index in [9.17, 15) is 5.21 Å². The van der Waals surface area contributed by atoms with Crippen molar-refractivity contribution in [1.82, 2.24) is 15.3 Å². The van der Waals surface area contributed by atoms with Gasteiger partial charge in [-0.25, -0.2) is 0 Å². The fourth-order valence-electron chi connectivity index (χ4n) is 3.41. The maximum Gasteiger partial charge on any atom is 0.0738 e. The van der Waals surface area contributed by atoms with E-state index in [0.717, 1.165) is 60.8 Å². The summed E-state index contributed by atoms with van der Waals surface area (Å²) >= 11 is 6.27. The molecule has 0 aliphatic carbocycles. The Morgan fingerprint density at radius 1 is 1.35 bits per heavy atom. The average Bonchev–Trinajstić information content (AvgIpc) is 2.92. The first-order valence-electron chi connectivity index (χ1n) is 8.43. The van der Waals surface area contributed by atoms with E-state index < -0.39 is 0 Å². The molecule has 0 amide bonds. The monoisotopic (exact) mass is 333 g/mol. The van der Waals surface area contributed by atoms with Gasteiger partial charge in [0.2, 0.25) is 0 Å². The van der Waals surface area contributed by atoms with Crippen LogP contribution in [0.25, 0.3) is 0 Å². The summed E-state index contributed by atoms with van der Waals surface area (Å²) < 4.78 is 0. The lowest BCUT2D eigenvalue weighted by Gasteiger charge is -2.22. The van der Waals surface area contributed by atoms with Crippen molar-refractivity contribution in [3.8, 4) is 0 Å². The molecule has 2 heterocycles. The van der Waals surface area contributed by atoms with Crippen LogP contribution in [0.3, 0.4) is 0 Å². The van der Waals surface area contributed by atoms with E-state index in [4.69, 9.17) is 11.6 Å². The van der Waals surface area contributed by atoms with Crippen LogP contribution in [0.1, 0.15) is 54.5 Å². The van der Waals surface area contributed by atoms with Crippen LogP contribution >= 0.6 is 11.6 Å². The molecule has 1 aromatic carbocycles. The fraction of sp³-hybridized carbons (Fsp3) is 0.500. The van der Waals surface area contributed by atoms with Gasteiger partial charge in [-0.1, -0.05) is 37.1 Å². The second-order valence-electron chi connectivity index (χ2n) is 6.33. The maximum absolute atomic E-state index is 9.79. The maximum atomic E-state index is 9.79. The Hall–Kier alpha value is -1.52. The highest BCUT2D eigenvalue weighted by Crippen LogP contribution is 2.29. The number of nitrogens with zero attached hydrogens (tertiary/aromatic N) is 2. The lowest BCUT2D eigenvalue weighted by molar-refractivity contribution is 0.147. The highest BCUT2D eigenvalue weighted by atomic mass is 35.5. The van der Waals surface area contributed by atoms with E-state index in [-0.39, 0.29) is 0 Å². The van der Waals surface area contributed by atoms with E-state index in [1.165, 1.54) is 16.7 Å². The molecular weight excluding hydrogens is 310 g/mol. The number of aromatic nitrogens is 2. The molecular formula is C18H24ClN3O. The Labute approximate surface area is 142 Å². The SMILES string of the molecule is CCCc1cc(Cc2nn(O)cc2C2CCNCC2)ccc1Cl. The van der Waals surface area contributed by atoms with Crippen LogP contribution in [0.4, 0.5) is 0 Å². The third-order valence-electron chi connectivity index (χ3n) is 4.59. The van der Waals surface area contributed by atoms with Gasteiger partial charge in [0, 0.05) is 17.0 Å². The number of aryl methyl sites for hydroxylation is 1. The molecule has 1 aliphatic heterocycles. The first-order valence-corrected chi connectivity index (χ1v) is 8.81. The Morgan fingerprint density at radius 2 is 2.13 bits per heavy atom. The second-order valence-corrected chi connectivity index (χ2v) is 6.74. The molecule has 4 nitrogen and oxygen atoms in total. The summed E-state index contributed by atoms with van der Waals surface area (Å²) in [5.41, 5.74) is 4.55. The Bertz CT molecular complexity index is 662. The van der Waals surface area contributed by atoms with E-state index in [1.54, 1.807) is 6.20 Å². The summed E-state index contributed by atoms with van der Waals surface area (Å²) in [6, 6.07) is 6.21. The minimum absolute atomic E-state index is 0.481. The normalized spacial score (nSPS) is 15.9. The van der Waals surface area contributed by atoms with Gasteiger partial charge in [-0.3, -0.25) is 0 Å². The number of hydrogen-bond donors (Lipinski definition) is 2. The molecule has 1 aliphatic rings. The molecule has 0 saturated carbocycles. The highest BCUT2D eigenvalue weighted by molar-refractivity contribution is 6.31. The topological polar surface area (TPSA) is 50.1 Å². The van der Waals surface area contributed by atoms with Gasteiger partial charge >= 0.3 is 0 Å². The Morgan fingerprint density at radius 3 is 2.87 bits per heavy atom. The molecule has 5 heteroatoms. The Kier molecular flexibility index (Phi) is 5.23. The fourth-order valence-corrected chi connectivity index (χ4v) is 3.62. The first kappa shape index (κ1) is 16.3. The van der Waals surface area contributed by atoms with Crippen molar-refractivity contribution in [2.75, 3.05) is 13.1 Å². The lowest BCUT2D eigenvalue weighted by atomic mass is 9.89. The summed E-state index contributed by atoms with van der Waals surface area (Å²) in [6.07, 6.45) is 6.77. The van der Waals surface area contributed by atoms with E-state index in [1.807, 2.05) is 6.07 Å². The minimum Gasteiger partial charge on any atom is -0.412 e. The molecule has 0 unspecified atom stereocenters. The molecule has 1 aromatic heterocycles. The first-order chi connectivity index (χ1) is 11.2. The number of nitrogens with one attached hydrogen (secondary N) is 1. The smallest absolute Gasteiger partial charge is 0.0738 e. The Balaban J connectivity index is 1.83. The number of rotatable bonds is 5. The van der Waals surface area contributed by atoms with Gasteiger partial charge in [0.05, 0.1) is 11.9 Å². The van der Waals surface area contributed by atoms with Crippen molar-refractivity contribution in [2.45, 2.75) is 44.9 Å². The van der Waals surface area contributed by atoms with Gasteiger partial charge in [0.15, 0.2) is 0 Å². The van der Waals surface area contributed by atoms with E-state index in [2.05, 4.69) is 29.5 Å². The summed E-state index contributed by atoms with van der Waals surface area (Å²) in [5.74, 6) is 0.481. The van der Waals surface area contributed by atoms with Crippen molar-refractivity contribution >= 4 is 11.6 Å². The zero-order valence-corrected chi connectivity index (χ0v) is 14.3. The van der Waals surface area contributed by atoms with Crippen LogP contribution in [0.5, 0.6) is 0 Å². The predicted molar refractivity (Wildman–Crippen MR) is 92.5 cm³/mol. The molecule has 2 aromatic rings. The number of hydrogen-bond acceptors (Lipinski definition) is 3. The third-order valence-corrected chi connectivity index (χ3v) is 4.96. The molecule has 3 rings (SSSR count). The highest BCUT2D eigenvalue weighted by Gasteiger charge is 2.21. The molecule has 1 fully saturated rings. The molecule has 0 spiro atoms. The standard InChI is InChI=1S/C18H24ClN3O/c1-2-3-15-10-13(4-5-17(15)19)11-18-16(12-22(23)21-18)14-6-8-20-9-7-14/h4-5,10,12,14,20,23H,2-3,6-9,11H2,1H3. The minimum atomic E-state index is 0.481. The molecule has 1 saturated heterocycles. The van der Waals surface area contributed by atoms with Gasteiger partial charge in [-0.2, -0.15) is 0 Å². The molecule has 2 N–H and O–H groups in total. The number of halogens is 1. The molecule has 0 radical (unpaired) electrons. The summed E-state index contributed by atoms with van der Waals surface area (Å²) in [7, 11) is 0. The average molecular weight is 334 g/mol. The van der Waals surface area contributed by atoms with Crippen LogP contribution in [0.15, 0.2) is 24.4 Å². The van der Waals surface area contributed by atoms with Crippen molar-refractivity contribution < 1.29 is 5.21 Å². The van der Waals surface area contributed by atoms with Gasteiger partial charge < -0.3 is 10.5 Å². The zero-order chi connectivity index (χ0) is 16.2. The van der Waals surface area contributed by atoms with Gasteiger partial charge in [0.1, 0.15) is 0 Å². The third kappa shape index (κ3) is 3.88. The van der Waals surface area contributed by atoms with Crippen molar-refractivity contribution in [1.29, 1.82) is 0 Å². The van der Waals surface area contributed by atoms with Crippen LogP contribution in [-0.2, 0) is 12.8 Å². The van der Waals surface area contributed by atoms with Gasteiger partial charge in [0.25, 0.3) is 0 Å². The molecule has 0 atom stereocenters. The predicted octanol–water partition coefficient (Wildman–Crippen LogP) is 3.78. The molecule has 0 bridgehead atoms. The second kappa shape index (κ2) is 7.37. The van der Waals surface area contributed by atoms with Crippen LogP contribution in [0, 0.1) is 0 Å². The molecule has 23 heavy (non-hydrogen) atoms. The summed E-state index contributed by atoms with van der Waals surface area (Å²) in [6.45, 7) is 4.22. The van der Waals surface area contributed by atoms with Crippen LogP contribution < -0.4 is 5.32 Å². The quantitative estimate of drug-likeness (QED) is 0.819. The number of benzene rings is 1. The molecule has 124 valence electrons. The van der Waals surface area contributed by atoms with E-state index >= 15 is 0 Å².